The summed E-state index contributed by atoms with van der Waals surface area (Å²) in [5.74, 6) is -3.56. The number of imidazole rings is 1. The number of anilines is 1. The van der Waals surface area contributed by atoms with Crippen LogP contribution in [0.5, 0.6) is 0 Å². The number of aromatic nitrogens is 4. The van der Waals surface area contributed by atoms with Crippen LogP contribution in [0.4, 0.5) is 10.2 Å². The van der Waals surface area contributed by atoms with E-state index in [2.05, 4.69) is 15.0 Å². The number of benzene rings is 1. The summed E-state index contributed by atoms with van der Waals surface area (Å²) in [4.78, 5) is 51.9. The summed E-state index contributed by atoms with van der Waals surface area (Å²) < 4.78 is 27.0. The Hall–Kier alpha value is -4.01. The topological polar surface area (TPSA) is 217 Å². The van der Waals surface area contributed by atoms with Crippen molar-refractivity contribution in [1.82, 2.24) is 19.5 Å². The van der Waals surface area contributed by atoms with E-state index >= 15 is 0 Å². The molecule has 0 unspecified atom stereocenters. The summed E-state index contributed by atoms with van der Waals surface area (Å²) >= 11 is 5.82. The minimum absolute atomic E-state index is 0.0452. The fourth-order valence-corrected chi connectivity index (χ4v) is 3.86. The molecule has 0 spiro atoms. The zero-order chi connectivity index (χ0) is 27.3. The first-order valence-corrected chi connectivity index (χ1v) is 10.7. The summed E-state index contributed by atoms with van der Waals surface area (Å²) in [6.45, 7) is -0.728. The van der Waals surface area contributed by atoms with Crippen LogP contribution in [0.25, 0.3) is 11.2 Å². The second-order valence-corrected chi connectivity index (χ2v) is 8.03. The molecule has 4 rings (SSSR count). The Morgan fingerprint density at radius 3 is 2.43 bits per heavy atom. The maximum absolute atomic E-state index is 15.0. The number of fused-ring (bicyclic) bond motifs is 1. The maximum atomic E-state index is 15.0. The lowest BCUT2D eigenvalue weighted by Gasteiger charge is -2.27. The molecule has 1 aromatic carbocycles. The maximum Gasteiger partial charge on any atom is 0.373 e. The van der Waals surface area contributed by atoms with Crippen LogP contribution in [0.15, 0.2) is 36.7 Å². The highest BCUT2D eigenvalue weighted by Gasteiger charge is 2.52. The second-order valence-electron chi connectivity index (χ2n) is 7.70. The standard InChI is InChI=1S/C20H19ClFN5O7.CO2/c21-19-25-14(23)12-15(26-19)27(8-24-12)16-11(22)13(28)10(34-16)7-33-20(17(29)30,18(31)32)6-9-4-2-1-3-5-9;2-1-3/h1-5,8,10-11,13,16,28H,6-7H2,(H,29,30)(H,31,32)(H2,23,25,26);/t10-,11+,13-,16-;/m1./s1. The number of nitrogens with zero attached hydrogens (tertiary/aromatic N) is 4. The number of nitrogens with two attached hydrogens (primary N) is 1. The first kappa shape index (κ1) is 27.6. The van der Waals surface area contributed by atoms with Gasteiger partial charge in [0, 0.05) is 6.42 Å². The molecule has 1 aliphatic heterocycles. The number of carboxylic acids is 2. The van der Waals surface area contributed by atoms with Crippen LogP contribution in [-0.4, -0.2) is 83.5 Å². The third-order valence-corrected chi connectivity index (χ3v) is 5.64. The van der Waals surface area contributed by atoms with Gasteiger partial charge in [-0.25, -0.2) is 19.0 Å². The number of rotatable bonds is 8. The molecule has 1 fully saturated rings. The van der Waals surface area contributed by atoms with Crippen LogP contribution in [0.1, 0.15) is 11.8 Å². The van der Waals surface area contributed by atoms with Crippen molar-refractivity contribution in [1.29, 1.82) is 0 Å². The number of aliphatic hydroxyl groups excluding tert-OH is 1. The minimum atomic E-state index is -2.69. The molecule has 3 aromatic rings. The molecule has 4 atom stereocenters. The molecule has 196 valence electrons. The van der Waals surface area contributed by atoms with E-state index in [4.69, 9.17) is 36.4 Å². The third kappa shape index (κ3) is 5.55. The summed E-state index contributed by atoms with van der Waals surface area (Å²) in [7, 11) is 0. The van der Waals surface area contributed by atoms with Gasteiger partial charge in [-0.3, -0.25) is 4.57 Å². The molecule has 14 nitrogen and oxygen atoms in total. The van der Waals surface area contributed by atoms with Crippen molar-refractivity contribution in [2.45, 2.75) is 36.6 Å². The molecular formula is C21H19ClFN5O9. The molecule has 16 heteroatoms. The fourth-order valence-electron chi connectivity index (χ4n) is 3.69. The number of aliphatic carboxylic acids is 2. The van der Waals surface area contributed by atoms with Gasteiger partial charge in [-0.05, 0) is 17.2 Å². The van der Waals surface area contributed by atoms with Gasteiger partial charge in [-0.15, -0.1) is 0 Å². The Bertz CT molecular complexity index is 1300. The van der Waals surface area contributed by atoms with Gasteiger partial charge in [0.15, 0.2) is 23.9 Å². The lowest BCUT2D eigenvalue weighted by Crippen LogP contribution is -2.52. The molecule has 0 saturated carbocycles. The van der Waals surface area contributed by atoms with Crippen molar-refractivity contribution < 1.29 is 48.4 Å². The SMILES string of the molecule is Nc1nc(Cl)nc2c1ncn2[C@@H]1O[C@H](COC(Cc2ccccc2)(C(=O)O)C(=O)O)[C@@H](O)[C@@H]1F.O=C=O. The van der Waals surface area contributed by atoms with Gasteiger partial charge in [0.25, 0.3) is 5.60 Å². The van der Waals surface area contributed by atoms with Crippen molar-refractivity contribution in [3.63, 3.8) is 0 Å². The number of alkyl halides is 1. The van der Waals surface area contributed by atoms with Gasteiger partial charge in [-0.2, -0.15) is 19.6 Å². The lowest BCUT2D eigenvalue weighted by atomic mass is 9.94. The Morgan fingerprint density at radius 2 is 1.84 bits per heavy atom. The molecule has 5 N–H and O–H groups in total. The van der Waals surface area contributed by atoms with Crippen LogP contribution in [0, 0.1) is 0 Å². The quantitative estimate of drug-likeness (QED) is 0.223. The van der Waals surface area contributed by atoms with Gasteiger partial charge >= 0.3 is 18.1 Å². The molecule has 1 saturated heterocycles. The Labute approximate surface area is 211 Å². The molecule has 1 aliphatic rings. The summed E-state index contributed by atoms with van der Waals surface area (Å²) in [6.07, 6.45) is -5.72. The predicted octanol–water partition coefficient (Wildman–Crippen LogP) is 0.242. The third-order valence-electron chi connectivity index (χ3n) is 5.47. The largest absolute Gasteiger partial charge is 0.479 e. The van der Waals surface area contributed by atoms with Gasteiger partial charge in [0.2, 0.25) is 5.28 Å². The van der Waals surface area contributed by atoms with Crippen molar-refractivity contribution in [2.24, 2.45) is 0 Å². The number of halogens is 2. The number of aliphatic hydroxyl groups is 1. The highest BCUT2D eigenvalue weighted by atomic mass is 35.5. The van der Waals surface area contributed by atoms with E-state index in [0.717, 1.165) is 4.57 Å². The zero-order valence-corrected chi connectivity index (χ0v) is 19.4. The fraction of sp³-hybridized carbons (Fsp3) is 0.333. The van der Waals surface area contributed by atoms with Crippen molar-refractivity contribution >= 4 is 46.7 Å². The first-order valence-electron chi connectivity index (χ1n) is 10.3. The van der Waals surface area contributed by atoms with Gasteiger partial charge in [0.05, 0.1) is 12.9 Å². The highest BCUT2D eigenvalue weighted by molar-refractivity contribution is 6.28. The second kappa shape index (κ2) is 11.4. The highest BCUT2D eigenvalue weighted by Crippen LogP contribution is 2.35. The van der Waals surface area contributed by atoms with Crippen LogP contribution in [-0.2, 0) is 35.1 Å². The molecule has 0 radical (unpaired) electrons. The smallest absolute Gasteiger partial charge is 0.373 e. The number of carboxylic acid groups (broad SMARTS) is 2. The van der Waals surface area contributed by atoms with Crippen LogP contribution < -0.4 is 5.73 Å². The molecular weight excluding hydrogens is 521 g/mol. The average molecular weight is 540 g/mol. The van der Waals surface area contributed by atoms with E-state index in [1.165, 1.54) is 6.33 Å². The predicted molar refractivity (Wildman–Crippen MR) is 119 cm³/mol. The summed E-state index contributed by atoms with van der Waals surface area (Å²) in [5, 5.41) is 29.5. The van der Waals surface area contributed by atoms with Gasteiger partial charge < -0.3 is 30.5 Å². The van der Waals surface area contributed by atoms with E-state index in [-0.39, 0.29) is 28.4 Å². The molecule has 0 amide bonds. The summed E-state index contributed by atoms with van der Waals surface area (Å²) in [6, 6.07) is 8.00. The van der Waals surface area contributed by atoms with E-state index < -0.39 is 55.2 Å². The molecule has 0 bridgehead atoms. The molecule has 0 aliphatic carbocycles. The molecule has 37 heavy (non-hydrogen) atoms. The van der Waals surface area contributed by atoms with Gasteiger partial charge in [0.1, 0.15) is 17.7 Å². The zero-order valence-electron chi connectivity index (χ0n) is 18.6. The van der Waals surface area contributed by atoms with E-state index in [1.807, 2.05) is 0 Å². The van der Waals surface area contributed by atoms with Gasteiger partial charge in [-0.1, -0.05) is 30.3 Å². The molecule has 3 heterocycles. The number of carbonyl (C=O) groups excluding carboxylic acids is 2. The monoisotopic (exact) mass is 539 g/mol. The van der Waals surface area contributed by atoms with Crippen LogP contribution in [0.3, 0.4) is 0 Å². The van der Waals surface area contributed by atoms with Crippen molar-refractivity contribution in [2.75, 3.05) is 12.3 Å². The number of hydrogen-bond acceptors (Lipinski definition) is 11. The Balaban J connectivity index is 0.00000121. The van der Waals surface area contributed by atoms with E-state index in [1.54, 1.807) is 30.3 Å². The van der Waals surface area contributed by atoms with Crippen molar-refractivity contribution in [3.8, 4) is 0 Å². The van der Waals surface area contributed by atoms with Crippen molar-refractivity contribution in [3.05, 3.63) is 47.5 Å². The van der Waals surface area contributed by atoms with Crippen LogP contribution in [0.2, 0.25) is 5.28 Å². The van der Waals surface area contributed by atoms with E-state index in [9.17, 15) is 29.3 Å². The average Bonchev–Trinajstić information content (AvgIpc) is 3.38. The van der Waals surface area contributed by atoms with E-state index in [0.29, 0.717) is 5.56 Å². The van der Waals surface area contributed by atoms with Crippen LogP contribution >= 0.6 is 11.6 Å². The number of hydrogen-bond donors (Lipinski definition) is 4. The number of nitrogen functional groups attached to an aromatic ring is 1. The minimum Gasteiger partial charge on any atom is -0.479 e. The Kier molecular flexibility index (Phi) is 8.47. The Morgan fingerprint density at radius 1 is 1.22 bits per heavy atom. The lowest BCUT2D eigenvalue weighted by molar-refractivity contribution is -0.192. The normalized spacial score (nSPS) is 21.2. The summed E-state index contributed by atoms with van der Waals surface area (Å²) in [5.41, 5.74) is 3.63. The molecule has 2 aromatic heterocycles. The number of ether oxygens (including phenoxy) is 2. The number of carbonyl (C=O) groups is 2. The first-order chi connectivity index (χ1) is 17.5.